The first-order valence-electron chi connectivity index (χ1n) is 7.20. The van der Waals surface area contributed by atoms with E-state index in [9.17, 15) is 14.9 Å². The van der Waals surface area contributed by atoms with Crippen LogP contribution in [-0.4, -0.2) is 33.8 Å². The van der Waals surface area contributed by atoms with Gasteiger partial charge in [0.05, 0.1) is 4.92 Å². The number of nitrogens with zero attached hydrogens (tertiary/aromatic N) is 2. The van der Waals surface area contributed by atoms with E-state index in [-0.39, 0.29) is 11.6 Å². The summed E-state index contributed by atoms with van der Waals surface area (Å²) in [5.41, 5.74) is 2.35. The van der Waals surface area contributed by atoms with Crippen LogP contribution in [0.4, 0.5) is 5.69 Å². The number of H-pyrrole nitrogens is 1. The van der Waals surface area contributed by atoms with Crippen LogP contribution in [0.5, 0.6) is 0 Å². The Balaban J connectivity index is 2.01. The Kier molecular flexibility index (Phi) is 3.37. The summed E-state index contributed by atoms with van der Waals surface area (Å²) in [7, 11) is 0. The van der Waals surface area contributed by atoms with Crippen LogP contribution in [0.15, 0.2) is 18.2 Å². The van der Waals surface area contributed by atoms with Gasteiger partial charge in [-0.2, -0.15) is 0 Å². The monoisotopic (exact) mass is 287 g/mol. The zero-order valence-electron chi connectivity index (χ0n) is 11.9. The first-order chi connectivity index (χ1) is 10.1. The van der Waals surface area contributed by atoms with Gasteiger partial charge in [0.2, 0.25) is 0 Å². The van der Waals surface area contributed by atoms with Crippen molar-refractivity contribution in [1.29, 1.82) is 0 Å². The van der Waals surface area contributed by atoms with E-state index in [1.54, 1.807) is 12.1 Å². The molecule has 1 N–H and O–H groups in total. The molecule has 0 radical (unpaired) electrons. The highest BCUT2D eigenvalue weighted by molar-refractivity contribution is 6.02. The molecule has 110 valence electrons. The highest BCUT2D eigenvalue weighted by atomic mass is 16.6. The number of carbonyl (C=O) groups is 1. The van der Waals surface area contributed by atoms with Crippen LogP contribution in [0.3, 0.4) is 0 Å². The van der Waals surface area contributed by atoms with Crippen molar-refractivity contribution in [2.24, 2.45) is 0 Å². The number of aromatic nitrogens is 1. The summed E-state index contributed by atoms with van der Waals surface area (Å²) in [5.74, 6) is 0.00329. The average Bonchev–Trinajstić information content (AvgIpc) is 2.85. The molecular weight excluding hydrogens is 270 g/mol. The third-order valence-corrected chi connectivity index (χ3v) is 4.01. The van der Waals surface area contributed by atoms with Gasteiger partial charge in [-0.05, 0) is 24.5 Å². The lowest BCUT2D eigenvalue weighted by atomic mass is 10.0. The molecule has 2 heterocycles. The van der Waals surface area contributed by atoms with E-state index in [1.165, 1.54) is 6.07 Å². The quantitative estimate of drug-likeness (QED) is 0.693. The molecule has 0 aliphatic carbocycles. The number of nitro groups is 1. The number of unbranched alkanes of at least 4 members (excludes halogenated alkanes) is 1. The zero-order chi connectivity index (χ0) is 15.0. The van der Waals surface area contributed by atoms with Gasteiger partial charge in [-0.1, -0.05) is 13.3 Å². The third-order valence-electron chi connectivity index (χ3n) is 4.01. The lowest BCUT2D eigenvalue weighted by Crippen LogP contribution is -2.38. The van der Waals surface area contributed by atoms with Crippen molar-refractivity contribution >= 4 is 22.5 Å². The minimum Gasteiger partial charge on any atom is -0.350 e. The van der Waals surface area contributed by atoms with Crippen molar-refractivity contribution in [1.82, 2.24) is 9.88 Å². The smallest absolute Gasteiger partial charge is 0.270 e. The molecule has 0 bridgehead atoms. The van der Waals surface area contributed by atoms with Crippen molar-refractivity contribution < 1.29 is 9.72 Å². The van der Waals surface area contributed by atoms with Crippen LogP contribution in [0.1, 0.15) is 35.8 Å². The van der Waals surface area contributed by atoms with Crippen LogP contribution in [0.2, 0.25) is 0 Å². The number of nitrogens with one attached hydrogen (secondary N) is 1. The summed E-state index contributed by atoms with van der Waals surface area (Å²) in [6.45, 7) is 3.55. The first-order valence-corrected chi connectivity index (χ1v) is 7.20. The molecule has 0 fully saturated rings. The predicted octanol–water partition coefficient (Wildman–Crippen LogP) is 2.87. The van der Waals surface area contributed by atoms with Crippen LogP contribution in [0, 0.1) is 10.1 Å². The summed E-state index contributed by atoms with van der Waals surface area (Å²) in [4.78, 5) is 27.9. The maximum atomic E-state index is 12.5. The van der Waals surface area contributed by atoms with Crippen molar-refractivity contribution in [3.8, 4) is 0 Å². The number of hydrogen-bond acceptors (Lipinski definition) is 3. The Morgan fingerprint density at radius 1 is 1.43 bits per heavy atom. The number of nitro benzene ring substituents is 1. The van der Waals surface area contributed by atoms with E-state index in [0.717, 1.165) is 42.3 Å². The van der Waals surface area contributed by atoms with Crippen molar-refractivity contribution in [2.75, 3.05) is 13.1 Å². The van der Waals surface area contributed by atoms with Crippen molar-refractivity contribution in [3.05, 3.63) is 39.6 Å². The van der Waals surface area contributed by atoms with Gasteiger partial charge in [-0.3, -0.25) is 14.9 Å². The minimum atomic E-state index is -0.406. The number of carbonyl (C=O) groups excluding carboxylic acids is 1. The lowest BCUT2D eigenvalue weighted by molar-refractivity contribution is -0.384. The Morgan fingerprint density at radius 3 is 2.95 bits per heavy atom. The Bertz CT molecular complexity index is 720. The summed E-state index contributed by atoms with van der Waals surface area (Å²) in [6, 6.07) is 4.69. The highest BCUT2D eigenvalue weighted by Crippen LogP contribution is 2.30. The van der Waals surface area contributed by atoms with Crippen LogP contribution in [-0.2, 0) is 6.42 Å². The number of non-ortho nitro benzene ring substituents is 1. The lowest BCUT2D eigenvalue weighted by Gasteiger charge is -2.26. The normalized spacial score (nSPS) is 14.5. The Hall–Kier alpha value is -2.37. The molecule has 2 aromatic rings. The minimum absolute atomic E-state index is 0.00329. The fourth-order valence-corrected chi connectivity index (χ4v) is 2.86. The van der Waals surface area contributed by atoms with E-state index in [2.05, 4.69) is 11.9 Å². The van der Waals surface area contributed by atoms with Gasteiger partial charge in [-0.15, -0.1) is 0 Å². The van der Waals surface area contributed by atoms with Gasteiger partial charge in [-0.25, -0.2) is 0 Å². The van der Waals surface area contributed by atoms with Gasteiger partial charge >= 0.3 is 0 Å². The summed E-state index contributed by atoms with van der Waals surface area (Å²) < 4.78 is 0. The largest absolute Gasteiger partial charge is 0.350 e. The highest BCUT2D eigenvalue weighted by Gasteiger charge is 2.28. The van der Waals surface area contributed by atoms with E-state index < -0.39 is 4.92 Å². The van der Waals surface area contributed by atoms with Crippen LogP contribution in [0.25, 0.3) is 10.9 Å². The molecule has 6 nitrogen and oxygen atoms in total. The number of aromatic amines is 1. The number of benzene rings is 1. The van der Waals surface area contributed by atoms with Crippen molar-refractivity contribution in [3.63, 3.8) is 0 Å². The summed E-state index contributed by atoms with van der Waals surface area (Å²) >= 11 is 0. The summed E-state index contributed by atoms with van der Waals surface area (Å²) in [6.07, 6.45) is 2.79. The molecule has 0 saturated heterocycles. The molecule has 21 heavy (non-hydrogen) atoms. The molecule has 6 heteroatoms. The third kappa shape index (κ3) is 2.26. The molecule has 0 atom stereocenters. The van der Waals surface area contributed by atoms with Gasteiger partial charge in [0, 0.05) is 36.1 Å². The van der Waals surface area contributed by atoms with E-state index >= 15 is 0 Å². The van der Waals surface area contributed by atoms with E-state index in [0.29, 0.717) is 12.2 Å². The van der Waals surface area contributed by atoms with Gasteiger partial charge < -0.3 is 9.88 Å². The predicted molar refractivity (Wildman–Crippen MR) is 79.5 cm³/mol. The number of fused-ring (bicyclic) bond motifs is 3. The topological polar surface area (TPSA) is 79.2 Å². The molecule has 3 rings (SSSR count). The molecular formula is C15H17N3O3. The van der Waals surface area contributed by atoms with Crippen LogP contribution >= 0.6 is 0 Å². The number of hydrogen-bond donors (Lipinski definition) is 1. The maximum absolute atomic E-state index is 12.5. The Labute approximate surface area is 121 Å². The first kappa shape index (κ1) is 13.6. The molecule has 1 aromatic carbocycles. The van der Waals surface area contributed by atoms with Gasteiger partial charge in [0.1, 0.15) is 5.69 Å². The van der Waals surface area contributed by atoms with Gasteiger partial charge in [0.15, 0.2) is 0 Å². The SMILES string of the molecule is CCCCN1CCc2c([nH]c3ccc([N+](=O)[O-])cc23)C1=O. The maximum Gasteiger partial charge on any atom is 0.270 e. The molecule has 1 amide bonds. The molecule has 1 aliphatic heterocycles. The van der Waals surface area contributed by atoms with E-state index in [1.807, 2.05) is 4.90 Å². The molecule has 0 spiro atoms. The second-order valence-electron chi connectivity index (χ2n) is 5.36. The average molecular weight is 287 g/mol. The van der Waals surface area contributed by atoms with E-state index in [4.69, 9.17) is 0 Å². The molecule has 0 unspecified atom stereocenters. The second kappa shape index (κ2) is 5.20. The fourth-order valence-electron chi connectivity index (χ4n) is 2.86. The summed E-state index contributed by atoms with van der Waals surface area (Å²) in [5, 5.41) is 11.7. The zero-order valence-corrected chi connectivity index (χ0v) is 11.9. The van der Waals surface area contributed by atoms with Gasteiger partial charge in [0.25, 0.3) is 11.6 Å². The number of amides is 1. The standard InChI is InChI=1S/C15H17N3O3/c1-2-3-7-17-8-6-11-12-9-10(18(20)21)4-5-13(12)16-14(11)15(17)19/h4-5,9,16H,2-3,6-8H2,1H3. The Morgan fingerprint density at radius 2 is 2.24 bits per heavy atom. The van der Waals surface area contributed by atoms with Crippen molar-refractivity contribution in [2.45, 2.75) is 26.2 Å². The molecule has 0 saturated carbocycles. The second-order valence-corrected chi connectivity index (χ2v) is 5.36. The number of rotatable bonds is 4. The fraction of sp³-hybridized carbons (Fsp3) is 0.400. The molecule has 1 aromatic heterocycles. The molecule has 1 aliphatic rings. The van der Waals surface area contributed by atoms with Crippen LogP contribution < -0.4 is 0 Å².